The molecule has 0 atom stereocenters. The normalized spacial score (nSPS) is 20.2. The minimum Gasteiger partial charge on any atom is -0.534 e. The van der Waals surface area contributed by atoms with Crippen LogP contribution in [-0.2, 0) is 20.6 Å². The first-order chi connectivity index (χ1) is 13.0. The largest absolute Gasteiger partial charge is 0.563 e. The molecule has 3 rings (SSSR count). The molecule has 0 unspecified atom stereocenters. The maximum absolute atomic E-state index is 12.2. The topological polar surface area (TPSA) is 51.2 Å². The summed E-state index contributed by atoms with van der Waals surface area (Å²) in [6.45, 7) is 17.3. The van der Waals surface area contributed by atoms with E-state index in [4.69, 9.17) is 14.0 Å². The molecule has 2 saturated heterocycles. The highest BCUT2D eigenvalue weighted by Crippen LogP contribution is 2.29. The van der Waals surface area contributed by atoms with Crippen LogP contribution in [0.2, 0.25) is 0 Å². The Morgan fingerprint density at radius 2 is 1.86 bits per heavy atom. The maximum Gasteiger partial charge on any atom is 0.563 e. The van der Waals surface area contributed by atoms with Gasteiger partial charge in [0, 0.05) is 38.2 Å². The fourth-order valence-electron chi connectivity index (χ4n) is 3.32. The molecule has 28 heavy (non-hydrogen) atoms. The van der Waals surface area contributed by atoms with Gasteiger partial charge in [-0.25, -0.2) is 4.79 Å². The number of nitrogens with zero attached hydrogens (tertiary/aromatic N) is 2. The van der Waals surface area contributed by atoms with Crippen LogP contribution in [0, 0.1) is 0 Å². The zero-order chi connectivity index (χ0) is 20.5. The van der Waals surface area contributed by atoms with Gasteiger partial charge in [0.1, 0.15) is 11.2 Å². The van der Waals surface area contributed by atoms with E-state index in [0.29, 0.717) is 18.8 Å². The van der Waals surface area contributed by atoms with Gasteiger partial charge in [-0.05, 0) is 40.2 Å². The van der Waals surface area contributed by atoms with E-state index in [9.17, 15) is 4.79 Å². The fraction of sp³-hybridized carbons (Fsp3) is 0.571. The maximum atomic E-state index is 12.2. The van der Waals surface area contributed by atoms with Crippen LogP contribution in [0.3, 0.4) is 0 Å². The van der Waals surface area contributed by atoms with Crippen LogP contribution in [-0.4, -0.2) is 60.4 Å². The lowest BCUT2D eigenvalue weighted by Crippen LogP contribution is -2.50. The third kappa shape index (κ3) is 4.89. The number of amides is 1. The zero-order valence-electron chi connectivity index (χ0n) is 17.7. The molecular formula is C21H31BN2O4. The molecule has 1 aromatic rings. The standard InChI is InChI=1S/C21H31BN2O4/c1-16-21(5,6)28-22(27-16)18-10-8-7-9-17(18)15-23-11-13-24(14-12-23)19(25)26-20(2,3)4/h7-10H,1,11-15H2,2-6H3. The van der Waals surface area contributed by atoms with Crippen LogP contribution < -0.4 is 5.46 Å². The molecule has 2 aliphatic rings. The van der Waals surface area contributed by atoms with E-state index in [0.717, 1.165) is 25.1 Å². The Morgan fingerprint density at radius 3 is 2.43 bits per heavy atom. The Bertz CT molecular complexity index is 736. The Labute approximate surface area is 168 Å². The molecule has 2 fully saturated rings. The Hall–Kier alpha value is -1.99. The van der Waals surface area contributed by atoms with Gasteiger partial charge in [-0.3, -0.25) is 4.90 Å². The van der Waals surface area contributed by atoms with Crippen molar-refractivity contribution < 1.29 is 18.8 Å². The van der Waals surface area contributed by atoms with Crippen molar-refractivity contribution >= 4 is 18.7 Å². The van der Waals surface area contributed by atoms with Crippen molar-refractivity contribution in [1.29, 1.82) is 0 Å². The molecule has 0 aromatic heterocycles. The van der Waals surface area contributed by atoms with E-state index in [1.54, 1.807) is 4.90 Å². The average Bonchev–Trinajstić information content (AvgIpc) is 2.87. The van der Waals surface area contributed by atoms with Gasteiger partial charge < -0.3 is 18.9 Å². The van der Waals surface area contributed by atoms with Gasteiger partial charge >= 0.3 is 13.2 Å². The van der Waals surface area contributed by atoms with Crippen LogP contribution in [0.25, 0.3) is 0 Å². The molecule has 0 bridgehead atoms. The summed E-state index contributed by atoms with van der Waals surface area (Å²) in [7, 11) is -0.429. The summed E-state index contributed by atoms with van der Waals surface area (Å²) in [5.74, 6) is 0.651. The molecule has 7 heteroatoms. The van der Waals surface area contributed by atoms with Gasteiger partial charge in [0.05, 0.1) is 5.76 Å². The number of carbonyl (C=O) groups is 1. The van der Waals surface area contributed by atoms with E-state index in [1.807, 2.05) is 52.8 Å². The minimum atomic E-state index is -0.489. The van der Waals surface area contributed by atoms with Gasteiger partial charge in [-0.15, -0.1) is 0 Å². The third-order valence-corrected chi connectivity index (χ3v) is 5.05. The number of hydrogen-bond donors (Lipinski definition) is 0. The van der Waals surface area contributed by atoms with Crippen molar-refractivity contribution in [2.24, 2.45) is 0 Å². The molecule has 0 N–H and O–H groups in total. The van der Waals surface area contributed by atoms with E-state index >= 15 is 0 Å². The number of piperazine rings is 1. The van der Waals surface area contributed by atoms with Crippen molar-refractivity contribution in [2.75, 3.05) is 26.2 Å². The molecule has 1 amide bonds. The lowest BCUT2D eigenvalue weighted by Gasteiger charge is -2.35. The second-order valence-corrected chi connectivity index (χ2v) is 8.94. The molecule has 2 aliphatic heterocycles. The van der Waals surface area contributed by atoms with Crippen molar-refractivity contribution in [2.45, 2.75) is 52.4 Å². The lowest BCUT2D eigenvalue weighted by atomic mass is 9.76. The summed E-state index contributed by atoms with van der Waals surface area (Å²) < 4.78 is 17.4. The minimum absolute atomic E-state index is 0.235. The van der Waals surface area contributed by atoms with E-state index in [-0.39, 0.29) is 6.09 Å². The van der Waals surface area contributed by atoms with Gasteiger partial charge in [0.15, 0.2) is 0 Å². The SMILES string of the molecule is C=C1OB(c2ccccc2CN2CCN(C(=O)OC(C)(C)C)CC2)OC1(C)C. The quantitative estimate of drug-likeness (QED) is 0.748. The molecule has 0 spiro atoms. The number of rotatable bonds is 3. The van der Waals surface area contributed by atoms with Gasteiger partial charge in [0.2, 0.25) is 0 Å². The third-order valence-electron chi connectivity index (χ3n) is 5.05. The van der Waals surface area contributed by atoms with E-state index in [1.165, 1.54) is 5.56 Å². The molecule has 0 aliphatic carbocycles. The van der Waals surface area contributed by atoms with E-state index in [2.05, 4.69) is 17.5 Å². The smallest absolute Gasteiger partial charge is 0.534 e. The van der Waals surface area contributed by atoms with Crippen molar-refractivity contribution in [1.82, 2.24) is 9.80 Å². The Morgan fingerprint density at radius 1 is 1.21 bits per heavy atom. The second-order valence-electron chi connectivity index (χ2n) is 8.94. The monoisotopic (exact) mass is 386 g/mol. The van der Waals surface area contributed by atoms with Crippen molar-refractivity contribution in [3.05, 3.63) is 42.2 Å². The number of benzene rings is 1. The summed E-state index contributed by atoms with van der Waals surface area (Å²) in [5.41, 5.74) is 1.25. The van der Waals surface area contributed by atoms with E-state index < -0.39 is 18.3 Å². The molecule has 6 nitrogen and oxygen atoms in total. The molecule has 0 saturated carbocycles. The summed E-state index contributed by atoms with van der Waals surface area (Å²) >= 11 is 0. The summed E-state index contributed by atoms with van der Waals surface area (Å²) in [4.78, 5) is 16.4. The summed E-state index contributed by atoms with van der Waals surface area (Å²) in [5, 5.41) is 0. The van der Waals surface area contributed by atoms with Crippen molar-refractivity contribution in [3.8, 4) is 0 Å². The van der Waals surface area contributed by atoms with Gasteiger partial charge in [0.25, 0.3) is 0 Å². The van der Waals surface area contributed by atoms with Gasteiger partial charge in [-0.2, -0.15) is 0 Å². The highest BCUT2D eigenvalue weighted by molar-refractivity contribution is 6.62. The predicted octanol–water partition coefficient (Wildman–Crippen LogP) is 2.77. The first-order valence-corrected chi connectivity index (χ1v) is 9.87. The van der Waals surface area contributed by atoms with Crippen LogP contribution in [0.1, 0.15) is 40.2 Å². The zero-order valence-corrected chi connectivity index (χ0v) is 17.7. The van der Waals surface area contributed by atoms with Crippen LogP contribution in [0.15, 0.2) is 36.6 Å². The fourth-order valence-corrected chi connectivity index (χ4v) is 3.32. The highest BCUT2D eigenvalue weighted by Gasteiger charge is 2.43. The van der Waals surface area contributed by atoms with Crippen LogP contribution >= 0.6 is 0 Å². The molecule has 0 radical (unpaired) electrons. The molecule has 1 aromatic carbocycles. The highest BCUT2D eigenvalue weighted by atomic mass is 16.7. The lowest BCUT2D eigenvalue weighted by molar-refractivity contribution is 0.0139. The number of hydrogen-bond acceptors (Lipinski definition) is 5. The van der Waals surface area contributed by atoms with Crippen LogP contribution in [0.4, 0.5) is 4.79 Å². The average molecular weight is 386 g/mol. The Balaban J connectivity index is 1.61. The van der Waals surface area contributed by atoms with Gasteiger partial charge in [-0.1, -0.05) is 30.8 Å². The van der Waals surface area contributed by atoms with Crippen LogP contribution in [0.5, 0.6) is 0 Å². The first kappa shape index (κ1) is 20.7. The van der Waals surface area contributed by atoms with Crippen molar-refractivity contribution in [3.63, 3.8) is 0 Å². The number of ether oxygens (including phenoxy) is 1. The molecular weight excluding hydrogens is 355 g/mol. The predicted molar refractivity (Wildman–Crippen MR) is 110 cm³/mol. The molecule has 2 heterocycles. The number of carbonyl (C=O) groups excluding carboxylic acids is 1. The first-order valence-electron chi connectivity index (χ1n) is 9.87. The Kier molecular flexibility index (Phi) is 5.78. The second kappa shape index (κ2) is 7.80. The summed E-state index contributed by atoms with van der Waals surface area (Å²) in [6, 6.07) is 8.19. The molecule has 152 valence electrons. The summed E-state index contributed by atoms with van der Waals surface area (Å²) in [6.07, 6.45) is -0.235.